The van der Waals surface area contributed by atoms with Gasteiger partial charge in [0.25, 0.3) is 13.4 Å². The van der Waals surface area contributed by atoms with E-state index in [0.717, 1.165) is 28.6 Å². The van der Waals surface area contributed by atoms with Crippen LogP contribution >= 0.6 is 0 Å². The zero-order valence-corrected chi connectivity index (χ0v) is 33.1. The van der Waals surface area contributed by atoms with Crippen molar-refractivity contribution in [1.82, 2.24) is 9.13 Å². The SMILES string of the molecule is Cc1c2c(cc3c1Oc1ccc4c5ccccc5n5c4c1B3c1ccc(-c3ccccc3)cc1-5)B1c3ccc(-c4ccccc4)cc3-n3c4ccccc4c4ccc(c1c43)O2. The van der Waals surface area contributed by atoms with Crippen molar-refractivity contribution >= 4 is 89.8 Å². The highest BCUT2D eigenvalue weighted by atomic mass is 16.5. The molecule has 11 aromatic rings. The Morgan fingerprint density at radius 3 is 1.30 bits per heavy atom. The van der Waals surface area contributed by atoms with Gasteiger partial charge in [-0.1, -0.05) is 127 Å². The number of ether oxygens (including phenoxy) is 2. The summed E-state index contributed by atoms with van der Waals surface area (Å²) < 4.78 is 19.3. The molecule has 0 N–H and O–H groups in total. The van der Waals surface area contributed by atoms with Gasteiger partial charge in [-0.2, -0.15) is 0 Å². The summed E-state index contributed by atoms with van der Waals surface area (Å²) >= 11 is 0. The van der Waals surface area contributed by atoms with Gasteiger partial charge in [0.05, 0.1) is 22.1 Å². The van der Waals surface area contributed by atoms with E-state index in [1.807, 2.05) is 0 Å². The molecule has 2 aromatic heterocycles. The van der Waals surface area contributed by atoms with E-state index >= 15 is 0 Å². The molecular weight excluding hydrogens is 742 g/mol. The second-order valence-electron chi connectivity index (χ2n) is 17.1. The van der Waals surface area contributed by atoms with Crippen molar-refractivity contribution in [1.29, 1.82) is 0 Å². The molecule has 0 bridgehead atoms. The van der Waals surface area contributed by atoms with Gasteiger partial charge in [-0.05, 0) is 110 Å². The molecule has 15 rings (SSSR count). The van der Waals surface area contributed by atoms with E-state index in [2.05, 4.69) is 192 Å². The molecule has 4 nitrogen and oxygen atoms in total. The van der Waals surface area contributed by atoms with Gasteiger partial charge in [-0.25, -0.2) is 0 Å². The van der Waals surface area contributed by atoms with Crippen LogP contribution in [-0.4, -0.2) is 22.6 Å². The number of para-hydroxylation sites is 2. The normalized spacial score (nSPS) is 13.5. The minimum Gasteiger partial charge on any atom is -0.458 e. The fourth-order valence-corrected chi connectivity index (χ4v) is 11.7. The van der Waals surface area contributed by atoms with Gasteiger partial charge in [-0.15, -0.1) is 0 Å². The Balaban J connectivity index is 1.03. The van der Waals surface area contributed by atoms with Crippen LogP contribution in [0.5, 0.6) is 23.0 Å². The Hall–Kier alpha value is -7.69. The third-order valence-electron chi connectivity index (χ3n) is 14.2. The maximum Gasteiger partial charge on any atom is 0.256 e. The van der Waals surface area contributed by atoms with Crippen molar-refractivity contribution < 1.29 is 9.47 Å². The van der Waals surface area contributed by atoms with Gasteiger partial charge in [0, 0.05) is 38.5 Å². The van der Waals surface area contributed by atoms with Crippen molar-refractivity contribution in [3.05, 3.63) is 181 Å². The largest absolute Gasteiger partial charge is 0.458 e. The highest BCUT2D eigenvalue weighted by Gasteiger charge is 2.46. The summed E-state index contributed by atoms with van der Waals surface area (Å²) in [6.45, 7) is 2.11. The van der Waals surface area contributed by atoms with E-state index in [-0.39, 0.29) is 13.4 Å². The first-order chi connectivity index (χ1) is 30.2. The van der Waals surface area contributed by atoms with Crippen LogP contribution in [-0.2, 0) is 0 Å². The van der Waals surface area contributed by atoms with Crippen LogP contribution < -0.4 is 42.3 Å². The predicted molar refractivity (Wildman–Crippen MR) is 253 cm³/mol. The molecule has 4 aliphatic heterocycles. The first-order valence-electron chi connectivity index (χ1n) is 21.2. The third kappa shape index (κ3) is 3.98. The second-order valence-corrected chi connectivity index (χ2v) is 17.1. The Morgan fingerprint density at radius 1 is 0.377 bits per heavy atom. The number of hydrogen-bond donors (Lipinski definition) is 0. The molecule has 0 atom stereocenters. The number of nitrogens with zero attached hydrogens (tertiary/aromatic N) is 2. The molecule has 61 heavy (non-hydrogen) atoms. The average Bonchev–Trinajstić information content (AvgIpc) is 3.85. The molecule has 0 radical (unpaired) electrons. The Morgan fingerprint density at radius 2 is 0.820 bits per heavy atom. The highest BCUT2D eigenvalue weighted by molar-refractivity contribution is 7.02. The summed E-state index contributed by atoms with van der Waals surface area (Å²) in [5.41, 5.74) is 20.6. The molecule has 0 amide bonds. The van der Waals surface area contributed by atoms with Gasteiger partial charge in [0.2, 0.25) is 0 Å². The fraction of sp³-hybridized carbons (Fsp3) is 0.0182. The molecule has 0 aliphatic carbocycles. The maximum absolute atomic E-state index is 7.16. The van der Waals surface area contributed by atoms with Crippen LogP contribution in [0, 0.1) is 6.92 Å². The first kappa shape index (κ1) is 32.2. The van der Waals surface area contributed by atoms with Gasteiger partial charge in [0.1, 0.15) is 23.0 Å². The van der Waals surface area contributed by atoms with Crippen molar-refractivity contribution in [3.8, 4) is 56.6 Å². The molecule has 0 spiro atoms. The van der Waals surface area contributed by atoms with Crippen LogP contribution in [0.3, 0.4) is 0 Å². The van der Waals surface area contributed by atoms with Crippen LogP contribution in [0.25, 0.3) is 77.2 Å². The maximum atomic E-state index is 7.16. The van der Waals surface area contributed by atoms with E-state index in [1.54, 1.807) is 0 Å². The van der Waals surface area contributed by atoms with Crippen molar-refractivity contribution in [3.63, 3.8) is 0 Å². The zero-order chi connectivity index (χ0) is 39.7. The van der Waals surface area contributed by atoms with E-state index < -0.39 is 0 Å². The smallest absolute Gasteiger partial charge is 0.256 e. The molecule has 280 valence electrons. The van der Waals surface area contributed by atoms with Crippen LogP contribution in [0.2, 0.25) is 0 Å². The lowest BCUT2D eigenvalue weighted by Gasteiger charge is -2.37. The lowest BCUT2D eigenvalue weighted by atomic mass is 9.31. The molecule has 0 saturated heterocycles. The molecule has 9 aromatic carbocycles. The van der Waals surface area contributed by atoms with E-state index in [0.29, 0.717) is 0 Å². The number of benzene rings is 9. The Kier molecular flexibility index (Phi) is 5.97. The Bertz CT molecular complexity index is 3550. The Labute approximate surface area is 352 Å². The zero-order valence-electron chi connectivity index (χ0n) is 33.1. The van der Waals surface area contributed by atoms with Crippen molar-refractivity contribution in [2.24, 2.45) is 0 Å². The number of rotatable bonds is 2. The van der Waals surface area contributed by atoms with Gasteiger partial charge < -0.3 is 18.6 Å². The summed E-state index contributed by atoms with van der Waals surface area (Å²) in [5, 5.41) is 5.00. The van der Waals surface area contributed by atoms with Crippen molar-refractivity contribution in [2.75, 3.05) is 0 Å². The minimum absolute atomic E-state index is 0.0461. The van der Waals surface area contributed by atoms with E-state index in [9.17, 15) is 0 Å². The molecular formula is C55H32B2N2O2. The quantitative estimate of drug-likeness (QED) is 0.164. The summed E-state index contributed by atoms with van der Waals surface area (Å²) in [5.74, 6) is 3.61. The van der Waals surface area contributed by atoms with Crippen LogP contribution in [0.15, 0.2) is 176 Å². The average molecular weight is 774 g/mol. The molecule has 6 heterocycles. The van der Waals surface area contributed by atoms with Crippen molar-refractivity contribution in [2.45, 2.75) is 6.92 Å². The summed E-state index contributed by atoms with van der Waals surface area (Å²) in [6.07, 6.45) is 0. The molecule has 0 unspecified atom stereocenters. The number of hydrogen-bond acceptors (Lipinski definition) is 2. The monoisotopic (exact) mass is 774 g/mol. The highest BCUT2D eigenvalue weighted by Crippen LogP contribution is 2.44. The fourth-order valence-electron chi connectivity index (χ4n) is 11.7. The lowest BCUT2D eigenvalue weighted by Crippen LogP contribution is -2.62. The van der Waals surface area contributed by atoms with E-state index in [1.165, 1.54) is 110 Å². The third-order valence-corrected chi connectivity index (χ3v) is 14.2. The second kappa shape index (κ2) is 11.3. The standard InChI is InChI=1S/C55H32B2N2O2/c1-31-54-42(56-40-24-20-34(32-12-4-2-5-13-32)28-46(40)58-44-18-10-8-16-36(44)38-22-26-48(60-54)50(56)52(38)58)30-43-55(31)61-49-27-23-39-37-17-9-11-19-45(37)59-47-29-35(33-14-6-3-7-15-33)21-25-41(47)57(43)51(49)53(39)59/h2-30H,1H3. The summed E-state index contributed by atoms with van der Waals surface area (Å²) in [4.78, 5) is 0. The van der Waals surface area contributed by atoms with Gasteiger partial charge >= 0.3 is 0 Å². The predicted octanol–water partition coefficient (Wildman–Crippen LogP) is 9.39. The van der Waals surface area contributed by atoms with E-state index in [4.69, 9.17) is 9.47 Å². The van der Waals surface area contributed by atoms with Gasteiger partial charge in [-0.3, -0.25) is 0 Å². The van der Waals surface area contributed by atoms with Crippen LogP contribution in [0.4, 0.5) is 0 Å². The molecule has 4 aliphatic rings. The summed E-state index contributed by atoms with van der Waals surface area (Å²) in [6, 6.07) is 64.7. The topological polar surface area (TPSA) is 28.3 Å². The number of aromatic nitrogens is 2. The summed E-state index contributed by atoms with van der Waals surface area (Å²) in [7, 11) is 0. The minimum atomic E-state index is -0.0461. The molecule has 0 saturated carbocycles. The lowest BCUT2D eigenvalue weighted by molar-refractivity contribution is 0.459. The molecule has 0 fully saturated rings. The first-order valence-corrected chi connectivity index (χ1v) is 21.2. The number of fused-ring (bicyclic) bond motifs is 16. The van der Waals surface area contributed by atoms with Crippen LogP contribution in [0.1, 0.15) is 5.56 Å². The molecule has 6 heteroatoms. The van der Waals surface area contributed by atoms with Gasteiger partial charge in [0.15, 0.2) is 0 Å².